The number of hydrogen-bond acceptors (Lipinski definition) is 4. The topological polar surface area (TPSA) is 100 Å². The summed E-state index contributed by atoms with van der Waals surface area (Å²) in [5, 5.41) is 19.8. The molecule has 0 spiro atoms. The predicted molar refractivity (Wildman–Crippen MR) is 95.6 cm³/mol. The van der Waals surface area contributed by atoms with Crippen LogP contribution in [0.5, 0.6) is 5.75 Å². The Balaban J connectivity index is 1.98. The molecule has 6 nitrogen and oxygen atoms in total. The minimum atomic E-state index is -0.407. The summed E-state index contributed by atoms with van der Waals surface area (Å²) in [4.78, 5) is 11.7. The third-order valence-electron chi connectivity index (χ3n) is 3.08. The number of rotatable bonds is 4. The van der Waals surface area contributed by atoms with Crippen LogP contribution in [0.15, 0.2) is 70.9 Å². The number of carbonyl (C=O) groups is 1. The quantitative estimate of drug-likeness (QED) is 0.348. The standard InChI is InChI=1S/C18H18N4O2/c1-13(15-9-5-6-10-16(15)23)21-22-18(19)20-17(24)12-11-14-7-3-2-4-8-14/h2-12,23H,1H3,(H3,19,20,22,24)/b12-11+,21-13+. The highest BCUT2D eigenvalue weighted by Gasteiger charge is 2.03. The number of carbonyl (C=O) groups excluding carboxylic acids is 1. The van der Waals surface area contributed by atoms with Gasteiger partial charge in [0, 0.05) is 11.6 Å². The van der Waals surface area contributed by atoms with Crippen LogP contribution in [-0.4, -0.2) is 22.7 Å². The highest BCUT2D eigenvalue weighted by molar-refractivity contribution is 6.04. The molecule has 122 valence electrons. The lowest BCUT2D eigenvalue weighted by Gasteiger charge is -2.02. The summed E-state index contributed by atoms with van der Waals surface area (Å²) in [7, 11) is 0. The SMILES string of the molecule is C/C(=N\N=C(N)NC(=O)/C=C/c1ccccc1)c1ccccc1O. The molecule has 0 saturated heterocycles. The Hall–Kier alpha value is -3.41. The zero-order valence-electron chi connectivity index (χ0n) is 13.2. The fourth-order valence-electron chi connectivity index (χ4n) is 1.89. The van der Waals surface area contributed by atoms with E-state index >= 15 is 0 Å². The lowest BCUT2D eigenvalue weighted by molar-refractivity contribution is -0.115. The maximum absolute atomic E-state index is 11.7. The van der Waals surface area contributed by atoms with Gasteiger partial charge in [-0.05, 0) is 30.7 Å². The van der Waals surface area contributed by atoms with E-state index in [0.29, 0.717) is 11.3 Å². The van der Waals surface area contributed by atoms with Crippen LogP contribution in [0.2, 0.25) is 0 Å². The summed E-state index contributed by atoms with van der Waals surface area (Å²) in [6, 6.07) is 16.2. The average Bonchev–Trinajstić information content (AvgIpc) is 2.59. The summed E-state index contributed by atoms with van der Waals surface area (Å²) in [5.74, 6) is -0.439. The van der Waals surface area contributed by atoms with E-state index in [9.17, 15) is 9.90 Å². The van der Waals surface area contributed by atoms with Crippen molar-refractivity contribution in [1.82, 2.24) is 5.32 Å². The van der Waals surface area contributed by atoms with E-state index in [-0.39, 0.29) is 11.7 Å². The number of aromatic hydroxyl groups is 1. The summed E-state index contributed by atoms with van der Waals surface area (Å²) >= 11 is 0. The normalized spacial score (nSPS) is 12.4. The minimum Gasteiger partial charge on any atom is -0.507 e. The molecule has 0 atom stereocenters. The van der Waals surface area contributed by atoms with Crippen molar-refractivity contribution in [3.8, 4) is 5.75 Å². The zero-order valence-corrected chi connectivity index (χ0v) is 13.2. The smallest absolute Gasteiger partial charge is 0.250 e. The van der Waals surface area contributed by atoms with Gasteiger partial charge in [-0.3, -0.25) is 10.1 Å². The molecule has 0 fully saturated rings. The van der Waals surface area contributed by atoms with Crippen LogP contribution < -0.4 is 11.1 Å². The number of amides is 1. The van der Waals surface area contributed by atoms with Gasteiger partial charge in [0.05, 0.1) is 5.71 Å². The number of guanidine groups is 1. The van der Waals surface area contributed by atoms with Crippen LogP contribution >= 0.6 is 0 Å². The van der Waals surface area contributed by atoms with Gasteiger partial charge in [-0.1, -0.05) is 42.5 Å². The molecule has 24 heavy (non-hydrogen) atoms. The van der Waals surface area contributed by atoms with E-state index in [0.717, 1.165) is 5.56 Å². The summed E-state index contributed by atoms with van der Waals surface area (Å²) in [6.07, 6.45) is 3.02. The van der Waals surface area contributed by atoms with Crippen LogP contribution in [0.1, 0.15) is 18.1 Å². The van der Waals surface area contributed by atoms with E-state index in [1.807, 2.05) is 30.3 Å². The lowest BCUT2D eigenvalue weighted by atomic mass is 10.1. The van der Waals surface area contributed by atoms with E-state index < -0.39 is 5.91 Å². The Morgan fingerprint density at radius 3 is 2.46 bits per heavy atom. The highest BCUT2D eigenvalue weighted by Crippen LogP contribution is 2.16. The molecule has 2 aromatic rings. The van der Waals surface area contributed by atoms with Crippen LogP contribution in [0.4, 0.5) is 0 Å². The second-order valence-corrected chi connectivity index (χ2v) is 4.92. The van der Waals surface area contributed by atoms with Gasteiger partial charge in [-0.25, -0.2) is 0 Å². The Bertz CT molecular complexity index is 796. The van der Waals surface area contributed by atoms with Gasteiger partial charge in [0.25, 0.3) is 5.91 Å². The molecule has 0 radical (unpaired) electrons. The van der Waals surface area contributed by atoms with Crippen molar-refractivity contribution in [2.75, 3.05) is 0 Å². The van der Waals surface area contributed by atoms with Gasteiger partial charge in [-0.2, -0.15) is 5.10 Å². The van der Waals surface area contributed by atoms with Gasteiger partial charge >= 0.3 is 0 Å². The molecule has 0 aliphatic heterocycles. The molecule has 0 unspecified atom stereocenters. The summed E-state index contributed by atoms with van der Waals surface area (Å²) in [5.41, 5.74) is 7.54. The van der Waals surface area contributed by atoms with E-state index in [4.69, 9.17) is 5.73 Å². The first-order valence-corrected chi connectivity index (χ1v) is 7.26. The summed E-state index contributed by atoms with van der Waals surface area (Å²) in [6.45, 7) is 1.68. The molecule has 2 aromatic carbocycles. The van der Waals surface area contributed by atoms with E-state index in [2.05, 4.69) is 15.5 Å². The number of hydrogen-bond donors (Lipinski definition) is 3. The van der Waals surface area contributed by atoms with Gasteiger partial charge in [0.2, 0.25) is 5.96 Å². The monoisotopic (exact) mass is 322 g/mol. The molecule has 4 N–H and O–H groups in total. The number of nitrogens with zero attached hydrogens (tertiary/aromatic N) is 2. The van der Waals surface area contributed by atoms with Crippen LogP contribution in [0.3, 0.4) is 0 Å². The minimum absolute atomic E-state index is 0.0994. The average molecular weight is 322 g/mol. The number of para-hydroxylation sites is 1. The number of phenolic OH excluding ortho intramolecular Hbond substituents is 1. The first-order chi connectivity index (χ1) is 11.6. The zero-order chi connectivity index (χ0) is 17.4. The van der Waals surface area contributed by atoms with Gasteiger partial charge in [-0.15, -0.1) is 5.10 Å². The number of nitrogens with two attached hydrogens (primary N) is 1. The molecule has 0 aromatic heterocycles. The Kier molecular flexibility index (Phi) is 5.85. The van der Waals surface area contributed by atoms with Crippen molar-refractivity contribution in [1.29, 1.82) is 0 Å². The van der Waals surface area contributed by atoms with Crippen molar-refractivity contribution in [2.24, 2.45) is 15.9 Å². The second-order valence-electron chi connectivity index (χ2n) is 4.92. The number of nitrogens with one attached hydrogen (secondary N) is 1. The second kappa shape index (κ2) is 8.28. The highest BCUT2D eigenvalue weighted by atomic mass is 16.3. The molecule has 0 heterocycles. The molecule has 2 rings (SSSR count). The van der Waals surface area contributed by atoms with E-state index in [1.54, 1.807) is 37.3 Å². The van der Waals surface area contributed by atoms with Gasteiger partial charge in [0.15, 0.2) is 0 Å². The molecular weight excluding hydrogens is 304 g/mol. The first-order valence-electron chi connectivity index (χ1n) is 7.26. The van der Waals surface area contributed by atoms with Crippen molar-refractivity contribution in [2.45, 2.75) is 6.92 Å². The first kappa shape index (κ1) is 17.0. The number of benzene rings is 2. The van der Waals surface area contributed by atoms with Crippen LogP contribution in [0.25, 0.3) is 6.08 Å². The molecular formula is C18H18N4O2. The Labute approximate surface area is 140 Å². The van der Waals surface area contributed by atoms with Crippen LogP contribution in [-0.2, 0) is 4.79 Å². The molecule has 0 aliphatic carbocycles. The maximum Gasteiger partial charge on any atom is 0.250 e. The largest absolute Gasteiger partial charge is 0.507 e. The third-order valence-corrected chi connectivity index (χ3v) is 3.08. The van der Waals surface area contributed by atoms with Crippen molar-refractivity contribution in [3.63, 3.8) is 0 Å². The van der Waals surface area contributed by atoms with Crippen molar-refractivity contribution >= 4 is 23.7 Å². The fraction of sp³-hybridized carbons (Fsp3) is 0.0556. The van der Waals surface area contributed by atoms with Crippen molar-refractivity contribution < 1.29 is 9.90 Å². The van der Waals surface area contributed by atoms with E-state index in [1.165, 1.54) is 6.08 Å². The lowest BCUT2D eigenvalue weighted by Crippen LogP contribution is -2.35. The molecule has 0 saturated carbocycles. The van der Waals surface area contributed by atoms with Crippen molar-refractivity contribution in [3.05, 3.63) is 71.8 Å². The third kappa shape index (κ3) is 5.10. The predicted octanol–water partition coefficient (Wildman–Crippen LogP) is 2.26. The molecule has 1 amide bonds. The summed E-state index contributed by atoms with van der Waals surface area (Å²) < 4.78 is 0. The Morgan fingerprint density at radius 2 is 1.75 bits per heavy atom. The van der Waals surface area contributed by atoms with Gasteiger partial charge in [0.1, 0.15) is 5.75 Å². The molecule has 6 heteroatoms. The number of phenols is 1. The molecule has 0 bridgehead atoms. The Morgan fingerprint density at radius 1 is 1.08 bits per heavy atom. The molecule has 0 aliphatic rings. The van der Waals surface area contributed by atoms with Gasteiger partial charge < -0.3 is 10.8 Å². The fourth-order valence-corrected chi connectivity index (χ4v) is 1.89. The maximum atomic E-state index is 11.7. The van der Waals surface area contributed by atoms with Crippen LogP contribution in [0, 0.1) is 0 Å².